The molecule has 7 atom stereocenters. The molecule has 0 aromatic carbocycles. The molecule has 32 heteroatoms. The van der Waals surface area contributed by atoms with Gasteiger partial charge in [-0.1, -0.05) is 39.8 Å². The van der Waals surface area contributed by atoms with Crippen molar-refractivity contribution in [3.63, 3.8) is 0 Å². The average molecular weight is 981 g/mol. The van der Waals surface area contributed by atoms with Crippen molar-refractivity contribution in [2.75, 3.05) is 43.2 Å². The fourth-order valence-electron chi connectivity index (χ4n) is 5.40. The van der Waals surface area contributed by atoms with Crippen LogP contribution in [0.15, 0.2) is 11.2 Å². The molecule has 2 aliphatic heterocycles. The Morgan fingerprint density at radius 3 is 2.42 bits per heavy atom. The zero-order valence-electron chi connectivity index (χ0n) is 32.4. The molecule has 62 heavy (non-hydrogen) atoms. The largest absolute Gasteiger partial charge is 0.490 e. The van der Waals surface area contributed by atoms with Gasteiger partial charge < -0.3 is 76.9 Å². The monoisotopic (exact) mass is 980 g/mol. The predicted octanol–water partition coefficient (Wildman–Crippen LogP) is -1.14. The molecule has 0 radical (unpaired) electrons. The SMILES string of the molecule is NC1=NCNc2c1c(C#CCNC(=O)CCSSCC(N)C(=O)NCCCCCC(=O)NC(CC(=O)O)C(=O)O)cn2C1CC(O)C(COP(=O)(O)OP(=O)(O)OP(=O)(O)O)O1. The van der Waals surface area contributed by atoms with Gasteiger partial charge in [-0.3, -0.25) is 23.7 Å². The topological polar surface area (TPSA) is 433 Å². The highest BCUT2D eigenvalue weighted by atomic mass is 33.1. The number of phosphoric acid groups is 3. The summed E-state index contributed by atoms with van der Waals surface area (Å²) in [7, 11) is -14.2. The third-order valence-electron chi connectivity index (χ3n) is 8.19. The molecule has 27 nitrogen and oxygen atoms in total. The second-order valence-corrected chi connectivity index (χ2v) is 20.1. The summed E-state index contributed by atoms with van der Waals surface area (Å²) >= 11 is 0. The van der Waals surface area contributed by atoms with Crippen LogP contribution in [-0.2, 0) is 55.5 Å². The number of hydrogen-bond donors (Lipinski definition) is 13. The Bertz CT molecular complexity index is 2030. The molecule has 1 saturated heterocycles. The summed E-state index contributed by atoms with van der Waals surface area (Å²) < 4.78 is 53.9. The number of anilines is 1. The molecule has 0 spiro atoms. The summed E-state index contributed by atoms with van der Waals surface area (Å²) in [5, 5.41) is 38.9. The zero-order chi connectivity index (χ0) is 46.3. The Labute approximate surface area is 360 Å². The number of nitrogens with two attached hydrogens (primary N) is 2. The Hall–Kier alpha value is -3.55. The van der Waals surface area contributed by atoms with E-state index in [1.165, 1.54) is 21.6 Å². The van der Waals surface area contributed by atoms with Crippen LogP contribution in [0.25, 0.3) is 0 Å². The van der Waals surface area contributed by atoms with Crippen molar-refractivity contribution in [2.24, 2.45) is 16.5 Å². The minimum atomic E-state index is -5.75. The van der Waals surface area contributed by atoms with E-state index in [0.717, 1.165) is 0 Å². The molecule has 348 valence electrons. The fraction of sp³-hybridized carbons (Fsp3) is 0.600. The summed E-state index contributed by atoms with van der Waals surface area (Å²) in [5.41, 5.74) is 12.9. The Kier molecular flexibility index (Phi) is 20.9. The lowest BCUT2D eigenvalue weighted by atomic mass is 10.1. The second kappa shape index (κ2) is 24.5. The number of carboxylic acids is 2. The van der Waals surface area contributed by atoms with Crippen LogP contribution in [0.2, 0.25) is 0 Å². The van der Waals surface area contributed by atoms with E-state index < -0.39 is 84.9 Å². The number of carbonyl (C=O) groups is 5. The zero-order valence-corrected chi connectivity index (χ0v) is 36.7. The Morgan fingerprint density at radius 1 is 1.02 bits per heavy atom. The molecule has 15 N–H and O–H groups in total. The highest BCUT2D eigenvalue weighted by Gasteiger charge is 2.43. The number of amidine groups is 1. The molecule has 3 rings (SSSR count). The number of rotatable bonds is 26. The van der Waals surface area contributed by atoms with Gasteiger partial charge >= 0.3 is 35.4 Å². The number of aliphatic hydroxyl groups excluding tert-OH is 1. The van der Waals surface area contributed by atoms with Crippen molar-refractivity contribution in [3.05, 3.63) is 17.3 Å². The maximum absolute atomic E-state index is 12.4. The van der Waals surface area contributed by atoms with Gasteiger partial charge in [0.1, 0.15) is 36.7 Å². The summed E-state index contributed by atoms with van der Waals surface area (Å²) in [5.74, 6) is 2.88. The van der Waals surface area contributed by atoms with Crippen molar-refractivity contribution in [1.29, 1.82) is 0 Å². The highest BCUT2D eigenvalue weighted by molar-refractivity contribution is 8.76. The number of aliphatic hydroxyl groups is 1. The van der Waals surface area contributed by atoms with Crippen molar-refractivity contribution in [1.82, 2.24) is 20.5 Å². The standard InChI is InChI=1S/C30H47N8O19P3S2/c31-18(29(44)34-8-3-1-2-6-23(41)37-19(30(45)46)11-25(42)43)15-62-61-10-7-22(40)33-9-4-5-17-13-38(28-26(17)27(32)35-16-36-28)24-12-20(39)21(55-24)14-54-59(50,51)57-60(52,53)56-58(47,48)49/h13,18-21,24,36,39H,1-3,6-12,14-16,31H2,(H2,32,35)(H,33,40)(H,34,44)(H,37,41)(H,42,43)(H,45,46)(H,50,51)(H,52,53)(H2,47,48,49). The number of nitrogens with one attached hydrogen (secondary N) is 4. The first-order valence-electron chi connectivity index (χ1n) is 18.1. The van der Waals surface area contributed by atoms with E-state index in [2.05, 4.69) is 51.2 Å². The molecule has 1 fully saturated rings. The predicted molar refractivity (Wildman–Crippen MR) is 219 cm³/mol. The van der Waals surface area contributed by atoms with E-state index in [9.17, 15) is 52.6 Å². The van der Waals surface area contributed by atoms with Crippen molar-refractivity contribution < 1.29 is 90.4 Å². The average Bonchev–Trinajstić information content (AvgIpc) is 3.71. The number of amides is 3. The molecular weight excluding hydrogens is 933 g/mol. The molecule has 3 heterocycles. The van der Waals surface area contributed by atoms with E-state index in [1.54, 1.807) is 10.8 Å². The van der Waals surface area contributed by atoms with E-state index in [0.29, 0.717) is 48.5 Å². The van der Waals surface area contributed by atoms with Crippen LogP contribution in [-0.4, -0.2) is 137 Å². The van der Waals surface area contributed by atoms with Gasteiger partial charge in [-0.25, -0.2) is 23.5 Å². The van der Waals surface area contributed by atoms with Crippen LogP contribution >= 0.6 is 45.1 Å². The van der Waals surface area contributed by atoms with Crippen molar-refractivity contribution >= 4 is 86.4 Å². The third kappa shape index (κ3) is 18.7. The molecule has 0 aliphatic carbocycles. The number of fused-ring (bicyclic) bond motifs is 1. The summed E-state index contributed by atoms with van der Waals surface area (Å²) in [4.78, 5) is 99.0. The van der Waals surface area contributed by atoms with Crippen LogP contribution in [0, 0.1) is 11.8 Å². The van der Waals surface area contributed by atoms with E-state index >= 15 is 0 Å². The smallest absolute Gasteiger partial charge is 0.481 e. The molecule has 7 unspecified atom stereocenters. The lowest BCUT2D eigenvalue weighted by Gasteiger charge is -2.21. The van der Waals surface area contributed by atoms with Crippen LogP contribution in [0.5, 0.6) is 0 Å². The number of aliphatic imine (C=N–C) groups is 1. The number of nitrogens with zero attached hydrogens (tertiary/aromatic N) is 2. The van der Waals surface area contributed by atoms with Gasteiger partial charge in [0.15, 0.2) is 0 Å². The number of carboxylic acid groups (broad SMARTS) is 2. The van der Waals surface area contributed by atoms with Crippen LogP contribution < -0.4 is 32.7 Å². The van der Waals surface area contributed by atoms with Gasteiger partial charge in [-0.05, 0) is 12.8 Å². The Balaban J connectivity index is 1.37. The normalized spacial score (nSPS) is 20.1. The minimum Gasteiger partial charge on any atom is -0.481 e. The van der Waals surface area contributed by atoms with Crippen LogP contribution in [0.1, 0.15) is 62.3 Å². The molecule has 3 amide bonds. The van der Waals surface area contributed by atoms with Crippen molar-refractivity contribution in [2.45, 2.75) is 75.5 Å². The van der Waals surface area contributed by atoms with Gasteiger partial charge in [0.05, 0.1) is 42.8 Å². The fourth-order valence-corrected chi connectivity index (χ4v) is 10.5. The lowest BCUT2D eigenvalue weighted by molar-refractivity contribution is -0.147. The summed E-state index contributed by atoms with van der Waals surface area (Å²) in [6.45, 7) is -0.529. The first-order chi connectivity index (χ1) is 29.0. The van der Waals surface area contributed by atoms with Crippen molar-refractivity contribution in [3.8, 4) is 11.8 Å². The van der Waals surface area contributed by atoms with E-state index in [1.807, 2.05) is 0 Å². The summed E-state index contributed by atoms with van der Waals surface area (Å²) in [6.07, 6.45) is -1.20. The first-order valence-corrected chi connectivity index (χ1v) is 25.2. The number of ether oxygens (including phenoxy) is 1. The van der Waals surface area contributed by atoms with E-state index in [4.69, 9.17) is 36.2 Å². The second-order valence-electron chi connectivity index (χ2n) is 13.1. The molecule has 0 bridgehead atoms. The number of hydrogen-bond acceptors (Lipinski definition) is 19. The number of unbranched alkanes of at least 4 members (excludes halogenated alkanes) is 2. The highest BCUT2D eigenvalue weighted by Crippen LogP contribution is 2.66. The number of aliphatic carboxylic acids is 2. The first kappa shape index (κ1) is 52.8. The molecule has 1 aromatic rings. The van der Waals surface area contributed by atoms with Crippen LogP contribution in [0.4, 0.5) is 5.82 Å². The molecule has 1 aromatic heterocycles. The minimum absolute atomic E-state index is 0.00204. The Morgan fingerprint density at radius 2 is 1.74 bits per heavy atom. The van der Waals surface area contributed by atoms with Crippen LogP contribution in [0.3, 0.4) is 0 Å². The lowest BCUT2D eigenvalue weighted by Crippen LogP contribution is -2.42. The van der Waals surface area contributed by atoms with Gasteiger partial charge in [0, 0.05) is 43.5 Å². The maximum Gasteiger partial charge on any atom is 0.490 e. The quantitative estimate of drug-likeness (QED) is 0.0226. The molecule has 0 saturated carbocycles. The van der Waals surface area contributed by atoms with Gasteiger partial charge in [-0.15, -0.1) is 0 Å². The molecular formula is C30H47N8O19P3S2. The molecule has 2 aliphatic rings. The number of aromatic nitrogens is 1. The van der Waals surface area contributed by atoms with Gasteiger partial charge in [0.25, 0.3) is 0 Å². The van der Waals surface area contributed by atoms with Gasteiger partial charge in [-0.2, -0.15) is 8.62 Å². The number of carbonyl (C=O) groups excluding carboxylic acids is 3. The van der Waals surface area contributed by atoms with Gasteiger partial charge in [0.2, 0.25) is 17.7 Å². The maximum atomic E-state index is 12.4. The van der Waals surface area contributed by atoms with E-state index in [-0.39, 0.29) is 55.9 Å². The summed E-state index contributed by atoms with van der Waals surface area (Å²) in [6, 6.07) is -2.33. The number of phosphoric ester groups is 1. The third-order valence-corrected chi connectivity index (χ3v) is 14.4.